The molecule has 100 valence electrons. The van der Waals surface area contributed by atoms with Gasteiger partial charge in [-0.1, -0.05) is 45.7 Å². The number of aliphatic hydroxyl groups is 1. The Bertz CT molecular complexity index is 572. The molecule has 0 saturated heterocycles. The zero-order chi connectivity index (χ0) is 13.8. The van der Waals surface area contributed by atoms with Crippen molar-refractivity contribution in [2.75, 3.05) is 6.61 Å². The van der Waals surface area contributed by atoms with Gasteiger partial charge in [0.2, 0.25) is 0 Å². The van der Waals surface area contributed by atoms with Crippen LogP contribution in [-0.2, 0) is 0 Å². The highest BCUT2D eigenvalue weighted by atomic mass is 79.9. The molecular weight excluding hydrogens is 328 g/mol. The summed E-state index contributed by atoms with van der Waals surface area (Å²) in [5.41, 5.74) is 1.54. The maximum Gasteiger partial charge on any atom is 0.120 e. The van der Waals surface area contributed by atoms with Crippen molar-refractivity contribution in [3.63, 3.8) is 0 Å². The van der Waals surface area contributed by atoms with Gasteiger partial charge in [0.15, 0.2) is 0 Å². The fraction of sp³-hybridized carbons (Fsp3) is 0.200. The van der Waals surface area contributed by atoms with Gasteiger partial charge in [0.1, 0.15) is 11.9 Å². The Morgan fingerprint density at radius 1 is 1.26 bits per heavy atom. The Hall–Kier alpha value is -1.03. The van der Waals surface area contributed by atoms with E-state index in [4.69, 9.17) is 16.3 Å². The number of ether oxygens (including phenoxy) is 1. The minimum atomic E-state index is -0.719. The van der Waals surface area contributed by atoms with Crippen LogP contribution in [0.3, 0.4) is 0 Å². The van der Waals surface area contributed by atoms with Gasteiger partial charge in [0, 0.05) is 9.50 Å². The minimum Gasteiger partial charge on any atom is -0.494 e. The van der Waals surface area contributed by atoms with Crippen LogP contribution in [0.2, 0.25) is 5.02 Å². The van der Waals surface area contributed by atoms with Crippen molar-refractivity contribution in [2.24, 2.45) is 0 Å². The summed E-state index contributed by atoms with van der Waals surface area (Å²) < 4.78 is 6.22. The van der Waals surface area contributed by atoms with Crippen molar-refractivity contribution in [3.8, 4) is 5.75 Å². The number of rotatable bonds is 4. The molecule has 0 aliphatic heterocycles. The van der Waals surface area contributed by atoms with Crippen LogP contribution in [0.1, 0.15) is 24.2 Å². The smallest absolute Gasteiger partial charge is 0.120 e. The van der Waals surface area contributed by atoms with Crippen LogP contribution >= 0.6 is 27.5 Å². The van der Waals surface area contributed by atoms with Crippen LogP contribution in [0, 0.1) is 0 Å². The van der Waals surface area contributed by atoms with E-state index in [1.165, 1.54) is 0 Å². The third-order valence-corrected chi connectivity index (χ3v) is 3.66. The van der Waals surface area contributed by atoms with Gasteiger partial charge in [0.25, 0.3) is 0 Å². The lowest BCUT2D eigenvalue weighted by atomic mass is 10.0. The number of hydrogen-bond acceptors (Lipinski definition) is 2. The first-order valence-electron chi connectivity index (χ1n) is 5.97. The molecule has 0 aromatic heterocycles. The SMILES string of the molecule is CCOc1ccc(C(O)c2cccc(Cl)c2)c(Br)c1. The molecule has 1 unspecified atom stereocenters. The van der Waals surface area contributed by atoms with Crippen molar-refractivity contribution in [3.05, 3.63) is 63.1 Å². The molecule has 0 fully saturated rings. The fourth-order valence-electron chi connectivity index (χ4n) is 1.84. The van der Waals surface area contributed by atoms with E-state index in [0.717, 1.165) is 21.3 Å². The summed E-state index contributed by atoms with van der Waals surface area (Å²) in [6.45, 7) is 2.55. The van der Waals surface area contributed by atoms with Crippen molar-refractivity contribution in [1.82, 2.24) is 0 Å². The van der Waals surface area contributed by atoms with E-state index in [9.17, 15) is 5.11 Å². The molecule has 0 spiro atoms. The number of hydrogen-bond donors (Lipinski definition) is 1. The van der Waals surface area contributed by atoms with Gasteiger partial charge < -0.3 is 9.84 Å². The molecule has 0 aliphatic carbocycles. The van der Waals surface area contributed by atoms with Crippen LogP contribution in [0.4, 0.5) is 0 Å². The number of benzene rings is 2. The van der Waals surface area contributed by atoms with E-state index in [1.807, 2.05) is 37.3 Å². The van der Waals surface area contributed by atoms with Crippen molar-refractivity contribution in [2.45, 2.75) is 13.0 Å². The molecule has 0 aliphatic rings. The topological polar surface area (TPSA) is 29.5 Å². The zero-order valence-corrected chi connectivity index (χ0v) is 12.8. The molecule has 2 nitrogen and oxygen atoms in total. The van der Waals surface area contributed by atoms with E-state index < -0.39 is 6.10 Å². The second-order valence-electron chi connectivity index (χ2n) is 4.07. The van der Waals surface area contributed by atoms with Crippen molar-refractivity contribution in [1.29, 1.82) is 0 Å². The Morgan fingerprint density at radius 2 is 2.05 bits per heavy atom. The normalized spacial score (nSPS) is 12.2. The monoisotopic (exact) mass is 340 g/mol. The third-order valence-electron chi connectivity index (χ3n) is 2.74. The first kappa shape index (κ1) is 14.4. The highest BCUT2D eigenvalue weighted by Crippen LogP contribution is 2.32. The summed E-state index contributed by atoms with van der Waals surface area (Å²) in [6, 6.07) is 12.8. The van der Waals surface area contributed by atoms with E-state index in [-0.39, 0.29) is 0 Å². The lowest BCUT2D eigenvalue weighted by Gasteiger charge is -2.14. The first-order chi connectivity index (χ1) is 9.11. The number of aliphatic hydroxyl groups excluding tert-OH is 1. The molecule has 0 saturated carbocycles. The summed E-state index contributed by atoms with van der Waals surface area (Å²) >= 11 is 9.40. The first-order valence-corrected chi connectivity index (χ1v) is 7.14. The third kappa shape index (κ3) is 3.50. The highest BCUT2D eigenvalue weighted by molar-refractivity contribution is 9.10. The van der Waals surface area contributed by atoms with Gasteiger partial charge in [-0.25, -0.2) is 0 Å². The lowest BCUT2D eigenvalue weighted by molar-refractivity contribution is 0.219. The summed E-state index contributed by atoms with van der Waals surface area (Å²) in [5, 5.41) is 11.0. The van der Waals surface area contributed by atoms with Crippen molar-refractivity contribution < 1.29 is 9.84 Å². The van der Waals surface area contributed by atoms with Crippen LogP contribution in [0.5, 0.6) is 5.75 Å². The largest absolute Gasteiger partial charge is 0.494 e. The summed E-state index contributed by atoms with van der Waals surface area (Å²) in [7, 11) is 0. The Balaban J connectivity index is 2.31. The Kier molecular flexibility index (Phi) is 4.86. The molecule has 0 bridgehead atoms. The molecule has 2 rings (SSSR count). The fourth-order valence-corrected chi connectivity index (χ4v) is 2.62. The molecule has 0 heterocycles. The van der Waals surface area contributed by atoms with Crippen molar-refractivity contribution >= 4 is 27.5 Å². The van der Waals surface area contributed by atoms with E-state index >= 15 is 0 Å². The zero-order valence-electron chi connectivity index (χ0n) is 10.4. The standard InChI is InChI=1S/C15H14BrClO2/c1-2-19-12-6-7-13(14(16)9-12)15(18)10-4-3-5-11(17)8-10/h3-9,15,18H,2H2,1H3. The minimum absolute atomic E-state index is 0.610. The van der Waals surface area contributed by atoms with Crippen LogP contribution in [0.25, 0.3) is 0 Å². The van der Waals surface area contributed by atoms with Gasteiger partial charge in [-0.2, -0.15) is 0 Å². The molecule has 2 aromatic carbocycles. The predicted octanol–water partition coefficient (Wildman–Crippen LogP) is 4.58. The Morgan fingerprint density at radius 3 is 2.68 bits per heavy atom. The molecule has 1 atom stereocenters. The maximum absolute atomic E-state index is 10.4. The summed E-state index contributed by atoms with van der Waals surface area (Å²) in [5.74, 6) is 0.774. The molecule has 0 radical (unpaired) electrons. The van der Waals surface area contributed by atoms with Gasteiger partial charge in [-0.3, -0.25) is 0 Å². The second-order valence-corrected chi connectivity index (χ2v) is 5.36. The molecule has 1 N–H and O–H groups in total. The van der Waals surface area contributed by atoms with Gasteiger partial charge in [0.05, 0.1) is 6.61 Å². The summed E-state index contributed by atoms with van der Waals surface area (Å²) in [6.07, 6.45) is -0.719. The quantitative estimate of drug-likeness (QED) is 0.882. The molecule has 4 heteroatoms. The second kappa shape index (κ2) is 6.42. The molecule has 19 heavy (non-hydrogen) atoms. The average molecular weight is 342 g/mol. The predicted molar refractivity (Wildman–Crippen MR) is 80.8 cm³/mol. The van der Waals surface area contributed by atoms with Gasteiger partial charge in [-0.15, -0.1) is 0 Å². The molecular formula is C15H14BrClO2. The Labute approximate surface area is 126 Å². The van der Waals surface area contributed by atoms with E-state index in [0.29, 0.717) is 11.6 Å². The highest BCUT2D eigenvalue weighted by Gasteiger charge is 2.14. The lowest BCUT2D eigenvalue weighted by Crippen LogP contribution is -2.01. The molecule has 2 aromatic rings. The van der Waals surface area contributed by atoms with Gasteiger partial charge >= 0.3 is 0 Å². The van der Waals surface area contributed by atoms with Gasteiger partial charge in [-0.05, 0) is 42.3 Å². The van der Waals surface area contributed by atoms with E-state index in [2.05, 4.69) is 15.9 Å². The maximum atomic E-state index is 10.4. The average Bonchev–Trinajstić information content (AvgIpc) is 2.38. The van der Waals surface area contributed by atoms with Crippen LogP contribution in [-0.4, -0.2) is 11.7 Å². The van der Waals surface area contributed by atoms with Crippen LogP contribution in [0.15, 0.2) is 46.9 Å². The summed E-state index contributed by atoms with van der Waals surface area (Å²) in [4.78, 5) is 0. The van der Waals surface area contributed by atoms with Crippen LogP contribution < -0.4 is 4.74 Å². The molecule has 0 amide bonds. The number of halogens is 2. The van der Waals surface area contributed by atoms with E-state index in [1.54, 1.807) is 12.1 Å².